The molecule has 0 aromatic carbocycles. The normalized spacial score (nSPS) is 35.4. The maximum Gasteiger partial charge on any atom is 0.273 e. The van der Waals surface area contributed by atoms with Crippen molar-refractivity contribution in [1.29, 1.82) is 0 Å². The highest BCUT2D eigenvalue weighted by atomic mass is 16.5. The van der Waals surface area contributed by atoms with Crippen molar-refractivity contribution in [3.05, 3.63) is 17.5 Å². The van der Waals surface area contributed by atoms with Crippen LogP contribution in [0.25, 0.3) is 0 Å². The lowest BCUT2D eigenvalue weighted by atomic mass is 9.82. The number of hydrogen-bond acceptors (Lipinski definition) is 4. The van der Waals surface area contributed by atoms with Gasteiger partial charge in [0.2, 0.25) is 5.91 Å². The van der Waals surface area contributed by atoms with Gasteiger partial charge in [-0.1, -0.05) is 12.1 Å². The van der Waals surface area contributed by atoms with Crippen LogP contribution in [0.15, 0.2) is 10.6 Å². The molecule has 1 aromatic rings. The van der Waals surface area contributed by atoms with Gasteiger partial charge in [0, 0.05) is 36.5 Å². The van der Waals surface area contributed by atoms with Crippen molar-refractivity contribution in [2.45, 2.75) is 76.3 Å². The van der Waals surface area contributed by atoms with Gasteiger partial charge in [0.1, 0.15) is 5.76 Å². The summed E-state index contributed by atoms with van der Waals surface area (Å²) in [5, 5.41) is 7.09. The number of nitrogens with zero attached hydrogens (tertiary/aromatic N) is 2. The zero-order valence-corrected chi connectivity index (χ0v) is 16.0. The molecule has 2 amide bonds. The molecule has 6 nitrogen and oxygen atoms in total. The third kappa shape index (κ3) is 3.27. The first kappa shape index (κ1) is 17.3. The maximum absolute atomic E-state index is 12.9. The Morgan fingerprint density at radius 3 is 2.59 bits per heavy atom. The van der Waals surface area contributed by atoms with Gasteiger partial charge in [-0.3, -0.25) is 9.59 Å². The summed E-state index contributed by atoms with van der Waals surface area (Å²) < 4.78 is 5.30. The lowest BCUT2D eigenvalue weighted by molar-refractivity contribution is -0.138. The largest absolute Gasteiger partial charge is 0.360 e. The van der Waals surface area contributed by atoms with E-state index in [0.29, 0.717) is 29.5 Å². The predicted octanol–water partition coefficient (Wildman–Crippen LogP) is 3.10. The minimum atomic E-state index is -0.137. The van der Waals surface area contributed by atoms with E-state index >= 15 is 0 Å². The van der Waals surface area contributed by atoms with E-state index in [1.807, 2.05) is 0 Å². The first-order chi connectivity index (χ1) is 13.1. The second-order valence-electron chi connectivity index (χ2n) is 9.30. The second-order valence-corrected chi connectivity index (χ2v) is 9.30. The highest BCUT2D eigenvalue weighted by Crippen LogP contribution is 2.41. The molecule has 3 saturated carbocycles. The summed E-state index contributed by atoms with van der Waals surface area (Å²) >= 11 is 0. The molecular weight excluding hydrogens is 342 g/mol. The van der Waals surface area contributed by atoms with Crippen LogP contribution >= 0.6 is 0 Å². The van der Waals surface area contributed by atoms with Crippen molar-refractivity contribution in [3.8, 4) is 0 Å². The Morgan fingerprint density at radius 1 is 1.15 bits per heavy atom. The summed E-state index contributed by atoms with van der Waals surface area (Å²) in [5.41, 5.74) is 0.393. The first-order valence-electron chi connectivity index (χ1n) is 10.7. The summed E-state index contributed by atoms with van der Waals surface area (Å²) in [6.45, 7) is 3.08. The molecule has 1 aromatic heterocycles. The lowest BCUT2D eigenvalue weighted by Gasteiger charge is -2.36. The fourth-order valence-electron chi connectivity index (χ4n) is 5.34. The standard InChI is InChI=1S/C21H29N3O3/c1-12-2-4-14(5-3-12)21(26)24-11-15-8-16(24)9-17(15)22-20(25)18-10-19(27-23-18)13-6-7-13/h10,12-17H,2-9,11H2,1H3,(H,22,25). The minimum absolute atomic E-state index is 0.137. The number of carbonyl (C=O) groups is 2. The van der Waals surface area contributed by atoms with Gasteiger partial charge in [0.15, 0.2) is 5.69 Å². The average molecular weight is 371 g/mol. The summed E-state index contributed by atoms with van der Waals surface area (Å²) in [4.78, 5) is 27.6. The van der Waals surface area contributed by atoms with Crippen LogP contribution in [-0.2, 0) is 4.79 Å². The minimum Gasteiger partial charge on any atom is -0.360 e. The summed E-state index contributed by atoms with van der Waals surface area (Å²) in [7, 11) is 0. The number of likely N-dealkylation sites (tertiary alicyclic amines) is 1. The van der Waals surface area contributed by atoms with Gasteiger partial charge in [-0.2, -0.15) is 0 Å². The number of fused-ring (bicyclic) bond motifs is 2. The van der Waals surface area contributed by atoms with Crippen LogP contribution < -0.4 is 5.32 Å². The summed E-state index contributed by atoms with van der Waals surface area (Å²) in [6, 6.07) is 2.24. The quantitative estimate of drug-likeness (QED) is 0.882. The topological polar surface area (TPSA) is 75.4 Å². The number of carbonyl (C=O) groups excluding carboxylic acids is 2. The first-order valence-corrected chi connectivity index (χ1v) is 10.7. The van der Waals surface area contributed by atoms with Gasteiger partial charge in [-0.05, 0) is 63.2 Å². The number of aromatic nitrogens is 1. The van der Waals surface area contributed by atoms with E-state index in [1.165, 1.54) is 12.8 Å². The van der Waals surface area contributed by atoms with E-state index in [0.717, 1.165) is 56.7 Å². The Bertz CT molecular complexity index is 733. The van der Waals surface area contributed by atoms with Crippen molar-refractivity contribution >= 4 is 11.8 Å². The molecule has 3 unspecified atom stereocenters. The van der Waals surface area contributed by atoms with Gasteiger partial charge >= 0.3 is 0 Å². The van der Waals surface area contributed by atoms with Crippen LogP contribution in [0.2, 0.25) is 0 Å². The van der Waals surface area contributed by atoms with Crippen molar-refractivity contribution < 1.29 is 14.1 Å². The van der Waals surface area contributed by atoms with E-state index in [2.05, 4.69) is 22.3 Å². The number of rotatable bonds is 4. The van der Waals surface area contributed by atoms with E-state index in [4.69, 9.17) is 4.52 Å². The SMILES string of the molecule is CC1CCC(C(=O)N2CC3CC2CC3NC(=O)c2cc(C3CC3)on2)CC1. The smallest absolute Gasteiger partial charge is 0.273 e. The van der Waals surface area contributed by atoms with Crippen LogP contribution in [0.1, 0.15) is 80.5 Å². The highest BCUT2D eigenvalue weighted by Gasteiger charge is 2.48. The summed E-state index contributed by atoms with van der Waals surface area (Å²) in [5.74, 6) is 2.90. The number of nitrogens with one attached hydrogen (secondary N) is 1. The second kappa shape index (κ2) is 6.64. The Balaban J connectivity index is 1.16. The predicted molar refractivity (Wildman–Crippen MR) is 99.1 cm³/mol. The monoisotopic (exact) mass is 371 g/mol. The van der Waals surface area contributed by atoms with Gasteiger partial charge in [0.25, 0.3) is 5.91 Å². The molecule has 2 heterocycles. The van der Waals surface area contributed by atoms with E-state index < -0.39 is 0 Å². The van der Waals surface area contributed by atoms with Gasteiger partial charge in [-0.15, -0.1) is 0 Å². The maximum atomic E-state index is 12.9. The highest BCUT2D eigenvalue weighted by molar-refractivity contribution is 5.92. The molecule has 4 fully saturated rings. The summed E-state index contributed by atoms with van der Waals surface area (Å²) in [6.07, 6.45) is 8.60. The molecule has 1 aliphatic heterocycles. The van der Waals surface area contributed by atoms with Gasteiger partial charge < -0.3 is 14.7 Å². The van der Waals surface area contributed by atoms with Gasteiger partial charge in [0.05, 0.1) is 0 Å². The van der Waals surface area contributed by atoms with E-state index in [9.17, 15) is 9.59 Å². The van der Waals surface area contributed by atoms with Crippen LogP contribution in [0.3, 0.4) is 0 Å². The molecule has 3 atom stereocenters. The Kier molecular flexibility index (Phi) is 4.25. The van der Waals surface area contributed by atoms with E-state index in [1.54, 1.807) is 6.07 Å². The molecule has 4 aliphatic rings. The number of piperidine rings is 1. The fourth-order valence-corrected chi connectivity index (χ4v) is 5.34. The molecule has 5 rings (SSSR count). The van der Waals surface area contributed by atoms with Crippen molar-refractivity contribution in [2.75, 3.05) is 6.54 Å². The van der Waals surface area contributed by atoms with Crippen LogP contribution in [-0.4, -0.2) is 40.5 Å². The molecule has 0 spiro atoms. The van der Waals surface area contributed by atoms with Gasteiger partial charge in [-0.25, -0.2) is 0 Å². The molecule has 1 saturated heterocycles. The van der Waals surface area contributed by atoms with Crippen LogP contribution in [0, 0.1) is 17.8 Å². The molecular formula is C21H29N3O3. The Hall–Kier alpha value is -1.85. The average Bonchev–Trinajstić information content (AvgIpc) is 3.09. The zero-order chi connectivity index (χ0) is 18.5. The number of hydrogen-bond donors (Lipinski definition) is 1. The van der Waals surface area contributed by atoms with Crippen molar-refractivity contribution in [3.63, 3.8) is 0 Å². The lowest BCUT2D eigenvalue weighted by Crippen LogP contribution is -2.49. The molecule has 6 heteroatoms. The molecule has 3 aliphatic carbocycles. The molecule has 27 heavy (non-hydrogen) atoms. The van der Waals surface area contributed by atoms with Crippen LogP contribution in [0.5, 0.6) is 0 Å². The molecule has 2 bridgehead atoms. The Morgan fingerprint density at radius 2 is 1.93 bits per heavy atom. The Labute approximate surface area is 160 Å². The third-order valence-corrected chi connectivity index (χ3v) is 7.25. The molecule has 0 radical (unpaired) electrons. The van der Waals surface area contributed by atoms with Crippen molar-refractivity contribution in [2.24, 2.45) is 17.8 Å². The third-order valence-electron chi connectivity index (χ3n) is 7.25. The fraction of sp³-hybridized carbons (Fsp3) is 0.762. The molecule has 146 valence electrons. The van der Waals surface area contributed by atoms with Crippen LogP contribution in [0.4, 0.5) is 0 Å². The number of amides is 2. The molecule has 1 N–H and O–H groups in total. The van der Waals surface area contributed by atoms with Crippen molar-refractivity contribution in [1.82, 2.24) is 15.4 Å². The zero-order valence-electron chi connectivity index (χ0n) is 16.0. The van der Waals surface area contributed by atoms with E-state index in [-0.39, 0.29) is 17.9 Å².